The lowest BCUT2D eigenvalue weighted by Crippen LogP contribution is -2.35. The Bertz CT molecular complexity index is 291. The van der Waals surface area contributed by atoms with E-state index in [-0.39, 0.29) is 12.0 Å². The molecule has 2 N–H and O–H groups in total. The molecular formula is C12H19NO3. The Hall–Kier alpha value is -0.840. The molecule has 4 nitrogen and oxygen atoms in total. The highest BCUT2D eigenvalue weighted by atomic mass is 16.5. The number of nitrogens with one attached hydrogen (secondary N) is 1. The fraction of sp³-hybridized carbons (Fsp3) is 0.667. The number of furan rings is 1. The van der Waals surface area contributed by atoms with Gasteiger partial charge >= 0.3 is 0 Å². The van der Waals surface area contributed by atoms with E-state index in [9.17, 15) is 0 Å². The van der Waals surface area contributed by atoms with Crippen molar-refractivity contribution >= 4 is 0 Å². The molecule has 4 heteroatoms. The Morgan fingerprint density at radius 2 is 2.44 bits per heavy atom. The standard InChI is InChI=1S/C12H19NO3/c14-4-2-12(3-6-16-10-12)9-13-7-11-1-5-15-8-11/h1,5,8,13-14H,2-4,6-7,9-10H2. The first-order valence-electron chi connectivity index (χ1n) is 5.75. The van der Waals surface area contributed by atoms with E-state index in [0.717, 1.165) is 44.7 Å². The van der Waals surface area contributed by atoms with Gasteiger partial charge in [-0.2, -0.15) is 0 Å². The molecule has 1 aromatic heterocycles. The maximum Gasteiger partial charge on any atom is 0.0947 e. The minimum atomic E-state index is 0.123. The van der Waals surface area contributed by atoms with Crippen LogP contribution in [-0.2, 0) is 11.3 Å². The van der Waals surface area contributed by atoms with E-state index >= 15 is 0 Å². The molecular weight excluding hydrogens is 206 g/mol. The molecule has 0 saturated carbocycles. The van der Waals surface area contributed by atoms with Crippen molar-refractivity contribution in [1.29, 1.82) is 0 Å². The van der Waals surface area contributed by atoms with Crippen LogP contribution in [0.4, 0.5) is 0 Å². The molecule has 0 aromatic carbocycles. The second-order valence-electron chi connectivity index (χ2n) is 4.51. The summed E-state index contributed by atoms with van der Waals surface area (Å²) in [6.07, 6.45) is 5.27. The number of ether oxygens (including phenoxy) is 1. The molecule has 2 rings (SSSR count). The molecule has 0 amide bonds. The van der Waals surface area contributed by atoms with Gasteiger partial charge in [0.15, 0.2) is 0 Å². The van der Waals surface area contributed by atoms with Crippen LogP contribution in [0.1, 0.15) is 18.4 Å². The zero-order valence-corrected chi connectivity index (χ0v) is 9.45. The zero-order chi connectivity index (χ0) is 11.3. The van der Waals surface area contributed by atoms with Crippen LogP contribution in [-0.4, -0.2) is 31.5 Å². The van der Waals surface area contributed by atoms with Crippen molar-refractivity contribution in [3.63, 3.8) is 0 Å². The summed E-state index contributed by atoms with van der Waals surface area (Å²) >= 11 is 0. The number of hydrogen-bond donors (Lipinski definition) is 2. The van der Waals surface area contributed by atoms with Crippen LogP contribution in [0.25, 0.3) is 0 Å². The van der Waals surface area contributed by atoms with Gasteiger partial charge in [0.05, 0.1) is 19.1 Å². The molecule has 0 bridgehead atoms. The smallest absolute Gasteiger partial charge is 0.0947 e. The molecule has 0 aliphatic carbocycles. The summed E-state index contributed by atoms with van der Waals surface area (Å²) in [6.45, 7) is 3.50. The lowest BCUT2D eigenvalue weighted by Gasteiger charge is -2.26. The van der Waals surface area contributed by atoms with Gasteiger partial charge in [0.25, 0.3) is 0 Å². The van der Waals surface area contributed by atoms with Gasteiger partial charge in [-0.05, 0) is 18.9 Å². The Kier molecular flexibility index (Phi) is 3.98. The SMILES string of the molecule is OCCC1(CNCc2ccoc2)CCOC1. The average molecular weight is 225 g/mol. The fourth-order valence-electron chi connectivity index (χ4n) is 2.18. The topological polar surface area (TPSA) is 54.6 Å². The number of rotatable bonds is 6. The maximum absolute atomic E-state index is 9.08. The van der Waals surface area contributed by atoms with Gasteiger partial charge in [-0.1, -0.05) is 0 Å². The molecule has 0 radical (unpaired) electrons. The summed E-state index contributed by atoms with van der Waals surface area (Å²) in [4.78, 5) is 0. The van der Waals surface area contributed by atoms with Crippen LogP contribution in [0, 0.1) is 5.41 Å². The first-order chi connectivity index (χ1) is 7.85. The fourth-order valence-corrected chi connectivity index (χ4v) is 2.18. The van der Waals surface area contributed by atoms with E-state index < -0.39 is 0 Å². The highest BCUT2D eigenvalue weighted by Gasteiger charge is 2.33. The van der Waals surface area contributed by atoms with Gasteiger partial charge in [0.1, 0.15) is 0 Å². The predicted octanol–water partition coefficient (Wildman–Crippen LogP) is 1.16. The lowest BCUT2D eigenvalue weighted by molar-refractivity contribution is 0.124. The summed E-state index contributed by atoms with van der Waals surface area (Å²) in [5.74, 6) is 0. The van der Waals surface area contributed by atoms with Gasteiger partial charge in [0, 0.05) is 37.3 Å². The molecule has 1 fully saturated rings. The van der Waals surface area contributed by atoms with Crippen LogP contribution >= 0.6 is 0 Å². The summed E-state index contributed by atoms with van der Waals surface area (Å²) in [5, 5.41) is 12.5. The van der Waals surface area contributed by atoms with Crippen molar-refractivity contribution in [2.24, 2.45) is 5.41 Å². The van der Waals surface area contributed by atoms with E-state index in [1.54, 1.807) is 12.5 Å². The first-order valence-corrected chi connectivity index (χ1v) is 5.75. The Morgan fingerprint density at radius 3 is 3.06 bits per heavy atom. The molecule has 1 aliphatic heterocycles. The van der Waals surface area contributed by atoms with Crippen molar-refractivity contribution in [1.82, 2.24) is 5.32 Å². The van der Waals surface area contributed by atoms with Crippen LogP contribution in [0.2, 0.25) is 0 Å². The third-order valence-electron chi connectivity index (χ3n) is 3.24. The van der Waals surface area contributed by atoms with Gasteiger partial charge in [-0.25, -0.2) is 0 Å². The normalized spacial score (nSPS) is 25.1. The summed E-state index contributed by atoms with van der Waals surface area (Å²) < 4.78 is 10.4. The van der Waals surface area contributed by atoms with Crippen LogP contribution in [0.3, 0.4) is 0 Å². The molecule has 1 saturated heterocycles. The third kappa shape index (κ3) is 2.84. The third-order valence-corrected chi connectivity index (χ3v) is 3.24. The van der Waals surface area contributed by atoms with Gasteiger partial charge in [-0.3, -0.25) is 0 Å². The highest BCUT2D eigenvalue weighted by Crippen LogP contribution is 2.31. The number of hydrogen-bond acceptors (Lipinski definition) is 4. The molecule has 0 spiro atoms. The molecule has 1 aliphatic rings. The predicted molar refractivity (Wildman–Crippen MR) is 60.0 cm³/mol. The lowest BCUT2D eigenvalue weighted by atomic mass is 9.84. The van der Waals surface area contributed by atoms with E-state index in [1.807, 2.05) is 6.07 Å². The minimum Gasteiger partial charge on any atom is -0.472 e. The highest BCUT2D eigenvalue weighted by molar-refractivity contribution is 5.04. The quantitative estimate of drug-likeness (QED) is 0.762. The second kappa shape index (κ2) is 5.48. The van der Waals surface area contributed by atoms with E-state index in [4.69, 9.17) is 14.3 Å². The van der Waals surface area contributed by atoms with Gasteiger partial charge in [0.2, 0.25) is 0 Å². The summed E-state index contributed by atoms with van der Waals surface area (Å²) in [6, 6.07) is 1.96. The van der Waals surface area contributed by atoms with Crippen LogP contribution in [0.5, 0.6) is 0 Å². The molecule has 2 heterocycles. The Labute approximate surface area is 95.6 Å². The van der Waals surface area contributed by atoms with Crippen molar-refractivity contribution in [2.45, 2.75) is 19.4 Å². The van der Waals surface area contributed by atoms with Gasteiger partial charge < -0.3 is 19.6 Å². The second-order valence-corrected chi connectivity index (χ2v) is 4.51. The van der Waals surface area contributed by atoms with E-state index in [1.165, 1.54) is 0 Å². The van der Waals surface area contributed by atoms with Crippen molar-refractivity contribution in [3.8, 4) is 0 Å². The monoisotopic (exact) mass is 225 g/mol. The number of aliphatic hydroxyl groups is 1. The maximum atomic E-state index is 9.08. The molecule has 1 atom stereocenters. The average Bonchev–Trinajstić information content (AvgIpc) is 2.90. The first kappa shape index (κ1) is 11.6. The minimum absolute atomic E-state index is 0.123. The summed E-state index contributed by atoms with van der Waals surface area (Å²) in [7, 11) is 0. The Morgan fingerprint density at radius 1 is 1.50 bits per heavy atom. The van der Waals surface area contributed by atoms with Crippen LogP contribution in [0.15, 0.2) is 23.0 Å². The molecule has 90 valence electrons. The van der Waals surface area contributed by atoms with Crippen molar-refractivity contribution in [3.05, 3.63) is 24.2 Å². The molecule has 1 unspecified atom stereocenters. The Balaban J connectivity index is 1.78. The van der Waals surface area contributed by atoms with Crippen molar-refractivity contribution < 1.29 is 14.3 Å². The summed E-state index contributed by atoms with van der Waals surface area (Å²) in [5.41, 5.74) is 1.27. The van der Waals surface area contributed by atoms with E-state index in [0.29, 0.717) is 0 Å². The molecule has 16 heavy (non-hydrogen) atoms. The van der Waals surface area contributed by atoms with Crippen molar-refractivity contribution in [2.75, 3.05) is 26.4 Å². The number of aliphatic hydroxyl groups excluding tert-OH is 1. The van der Waals surface area contributed by atoms with Crippen LogP contribution < -0.4 is 5.32 Å². The molecule has 1 aromatic rings. The van der Waals surface area contributed by atoms with Gasteiger partial charge in [-0.15, -0.1) is 0 Å². The largest absolute Gasteiger partial charge is 0.472 e. The zero-order valence-electron chi connectivity index (χ0n) is 9.45. The van der Waals surface area contributed by atoms with E-state index in [2.05, 4.69) is 5.32 Å².